The highest BCUT2D eigenvalue weighted by molar-refractivity contribution is 5.58. The summed E-state index contributed by atoms with van der Waals surface area (Å²) in [5.41, 5.74) is 2.43. The number of aryl methyl sites for hydroxylation is 1. The van der Waals surface area contributed by atoms with E-state index in [1.165, 1.54) is 5.56 Å². The van der Waals surface area contributed by atoms with Gasteiger partial charge in [0.1, 0.15) is 12.0 Å². The summed E-state index contributed by atoms with van der Waals surface area (Å²) in [6.45, 7) is 0.606. The SMILES string of the molecule is COc1ccc([C@H]2CO[C@H](CCc3ccccc3)[C@@H]2C=O)cc1. The Balaban J connectivity index is 1.66. The molecular formula is C20H22O3. The molecule has 23 heavy (non-hydrogen) atoms. The number of hydrogen-bond acceptors (Lipinski definition) is 3. The van der Waals surface area contributed by atoms with E-state index in [-0.39, 0.29) is 17.9 Å². The molecule has 0 radical (unpaired) electrons. The van der Waals surface area contributed by atoms with Crippen LogP contribution in [0.2, 0.25) is 0 Å². The number of aldehydes is 1. The van der Waals surface area contributed by atoms with E-state index in [1.54, 1.807) is 7.11 Å². The maximum absolute atomic E-state index is 11.6. The number of hydrogen-bond donors (Lipinski definition) is 0. The van der Waals surface area contributed by atoms with Crippen LogP contribution in [0, 0.1) is 5.92 Å². The highest BCUT2D eigenvalue weighted by Gasteiger charge is 2.37. The maximum Gasteiger partial charge on any atom is 0.126 e. The standard InChI is InChI=1S/C20H22O3/c1-22-17-10-8-16(9-11-17)19-14-23-20(18(19)13-21)12-7-15-5-3-2-4-6-15/h2-6,8-11,13,18-20H,7,12,14H2,1H3/t18-,19-,20-/m1/s1. The predicted molar refractivity (Wildman–Crippen MR) is 89.8 cm³/mol. The Morgan fingerprint density at radius 2 is 1.87 bits per heavy atom. The first-order chi connectivity index (χ1) is 11.3. The fourth-order valence-corrected chi connectivity index (χ4v) is 3.29. The summed E-state index contributed by atoms with van der Waals surface area (Å²) in [6, 6.07) is 18.3. The lowest BCUT2D eigenvalue weighted by molar-refractivity contribution is -0.112. The van der Waals surface area contributed by atoms with Gasteiger partial charge in [-0.1, -0.05) is 42.5 Å². The first-order valence-corrected chi connectivity index (χ1v) is 8.06. The van der Waals surface area contributed by atoms with Gasteiger partial charge in [-0.3, -0.25) is 0 Å². The largest absolute Gasteiger partial charge is 0.497 e. The predicted octanol–water partition coefficient (Wildman–Crippen LogP) is 3.63. The zero-order chi connectivity index (χ0) is 16.1. The molecule has 0 saturated carbocycles. The van der Waals surface area contributed by atoms with Gasteiger partial charge in [0.15, 0.2) is 0 Å². The Morgan fingerprint density at radius 1 is 1.13 bits per heavy atom. The fraction of sp³-hybridized carbons (Fsp3) is 0.350. The number of ether oxygens (including phenoxy) is 2. The minimum Gasteiger partial charge on any atom is -0.497 e. The molecule has 3 atom stereocenters. The van der Waals surface area contributed by atoms with E-state index in [0.717, 1.165) is 30.4 Å². The van der Waals surface area contributed by atoms with Crippen molar-refractivity contribution in [3.63, 3.8) is 0 Å². The summed E-state index contributed by atoms with van der Waals surface area (Å²) >= 11 is 0. The number of benzene rings is 2. The van der Waals surface area contributed by atoms with Gasteiger partial charge in [-0.05, 0) is 36.1 Å². The second-order valence-electron chi connectivity index (χ2n) is 5.99. The van der Waals surface area contributed by atoms with Crippen LogP contribution in [0.15, 0.2) is 54.6 Å². The lowest BCUT2D eigenvalue weighted by Crippen LogP contribution is -2.21. The third-order valence-electron chi connectivity index (χ3n) is 4.65. The van der Waals surface area contributed by atoms with Gasteiger partial charge >= 0.3 is 0 Å². The Labute approximate surface area is 137 Å². The Bertz CT molecular complexity index is 621. The Morgan fingerprint density at radius 3 is 2.52 bits per heavy atom. The second-order valence-corrected chi connectivity index (χ2v) is 5.99. The van der Waals surface area contributed by atoms with Crippen LogP contribution < -0.4 is 4.74 Å². The molecule has 0 spiro atoms. The molecular weight excluding hydrogens is 288 g/mol. The zero-order valence-corrected chi connectivity index (χ0v) is 13.4. The summed E-state index contributed by atoms with van der Waals surface area (Å²) in [5, 5.41) is 0. The minimum absolute atomic E-state index is 0.000178. The molecule has 120 valence electrons. The smallest absolute Gasteiger partial charge is 0.126 e. The topological polar surface area (TPSA) is 35.5 Å². The molecule has 0 N–H and O–H groups in total. The summed E-state index contributed by atoms with van der Waals surface area (Å²) in [5.74, 6) is 0.891. The third-order valence-corrected chi connectivity index (χ3v) is 4.65. The molecule has 2 aromatic carbocycles. The van der Waals surface area contributed by atoms with Crippen molar-refractivity contribution in [2.24, 2.45) is 5.92 Å². The van der Waals surface area contributed by atoms with Gasteiger partial charge in [0, 0.05) is 11.8 Å². The molecule has 0 bridgehead atoms. The van der Waals surface area contributed by atoms with Crippen molar-refractivity contribution in [2.75, 3.05) is 13.7 Å². The number of methoxy groups -OCH3 is 1. The normalized spacial score (nSPS) is 23.6. The van der Waals surface area contributed by atoms with E-state index in [2.05, 4.69) is 12.1 Å². The van der Waals surface area contributed by atoms with Crippen molar-refractivity contribution in [1.82, 2.24) is 0 Å². The molecule has 0 aliphatic carbocycles. The number of carbonyl (C=O) groups excluding carboxylic acids is 1. The van der Waals surface area contributed by atoms with Crippen LogP contribution in [0.5, 0.6) is 5.75 Å². The van der Waals surface area contributed by atoms with Crippen LogP contribution in [0.25, 0.3) is 0 Å². The van der Waals surface area contributed by atoms with E-state index >= 15 is 0 Å². The Kier molecular flexibility index (Phi) is 5.09. The molecule has 0 aromatic heterocycles. The second kappa shape index (κ2) is 7.42. The minimum atomic E-state index is -0.0768. The quantitative estimate of drug-likeness (QED) is 0.764. The van der Waals surface area contributed by atoms with E-state index in [0.29, 0.717) is 6.61 Å². The van der Waals surface area contributed by atoms with Crippen LogP contribution in [0.3, 0.4) is 0 Å². The number of carbonyl (C=O) groups is 1. The van der Waals surface area contributed by atoms with Gasteiger partial charge in [-0.2, -0.15) is 0 Å². The lowest BCUT2D eigenvalue weighted by Gasteiger charge is -2.18. The molecule has 1 heterocycles. The zero-order valence-electron chi connectivity index (χ0n) is 13.4. The van der Waals surface area contributed by atoms with E-state index < -0.39 is 0 Å². The molecule has 0 amide bonds. The molecule has 3 heteroatoms. The molecule has 0 unspecified atom stereocenters. The summed E-state index contributed by atoms with van der Waals surface area (Å²) in [4.78, 5) is 11.6. The first kappa shape index (κ1) is 15.8. The van der Waals surface area contributed by atoms with E-state index in [1.807, 2.05) is 42.5 Å². The summed E-state index contributed by atoms with van der Waals surface area (Å²) in [7, 11) is 1.65. The molecule has 3 rings (SSSR count). The summed E-state index contributed by atoms with van der Waals surface area (Å²) < 4.78 is 11.1. The van der Waals surface area contributed by atoms with Crippen LogP contribution in [0.1, 0.15) is 23.5 Å². The lowest BCUT2D eigenvalue weighted by atomic mass is 9.84. The first-order valence-electron chi connectivity index (χ1n) is 8.06. The van der Waals surface area contributed by atoms with Gasteiger partial charge in [-0.25, -0.2) is 0 Å². The van der Waals surface area contributed by atoms with Crippen molar-refractivity contribution in [2.45, 2.75) is 24.9 Å². The highest BCUT2D eigenvalue weighted by atomic mass is 16.5. The van der Waals surface area contributed by atoms with Crippen molar-refractivity contribution in [3.05, 3.63) is 65.7 Å². The average Bonchev–Trinajstić information content (AvgIpc) is 3.04. The fourth-order valence-electron chi connectivity index (χ4n) is 3.29. The van der Waals surface area contributed by atoms with Gasteiger partial charge in [0.25, 0.3) is 0 Å². The third kappa shape index (κ3) is 3.62. The van der Waals surface area contributed by atoms with E-state index in [4.69, 9.17) is 9.47 Å². The maximum atomic E-state index is 11.6. The monoisotopic (exact) mass is 310 g/mol. The van der Waals surface area contributed by atoms with Crippen molar-refractivity contribution in [3.8, 4) is 5.75 Å². The van der Waals surface area contributed by atoms with E-state index in [9.17, 15) is 4.79 Å². The molecule has 1 aliphatic rings. The van der Waals surface area contributed by atoms with Crippen molar-refractivity contribution >= 4 is 6.29 Å². The van der Waals surface area contributed by atoms with Gasteiger partial charge < -0.3 is 14.3 Å². The molecule has 1 fully saturated rings. The van der Waals surface area contributed by atoms with Crippen LogP contribution in [-0.2, 0) is 16.0 Å². The van der Waals surface area contributed by atoms with Gasteiger partial charge in [-0.15, -0.1) is 0 Å². The van der Waals surface area contributed by atoms with Crippen molar-refractivity contribution < 1.29 is 14.3 Å². The molecule has 1 aliphatic heterocycles. The molecule has 2 aromatic rings. The van der Waals surface area contributed by atoms with Gasteiger partial charge in [0.2, 0.25) is 0 Å². The summed E-state index contributed by atoms with van der Waals surface area (Å²) in [6.07, 6.45) is 2.88. The average molecular weight is 310 g/mol. The number of rotatable bonds is 6. The van der Waals surface area contributed by atoms with Crippen LogP contribution in [-0.4, -0.2) is 26.1 Å². The van der Waals surface area contributed by atoms with Gasteiger partial charge in [0.05, 0.1) is 19.8 Å². The van der Waals surface area contributed by atoms with Crippen LogP contribution >= 0.6 is 0 Å². The Hall–Kier alpha value is -2.13. The van der Waals surface area contributed by atoms with Crippen LogP contribution in [0.4, 0.5) is 0 Å². The van der Waals surface area contributed by atoms with Crippen molar-refractivity contribution in [1.29, 1.82) is 0 Å². The molecule has 3 nitrogen and oxygen atoms in total. The highest BCUT2D eigenvalue weighted by Crippen LogP contribution is 2.36. The molecule has 1 saturated heterocycles.